The van der Waals surface area contributed by atoms with E-state index < -0.39 is 0 Å². The fourth-order valence-corrected chi connectivity index (χ4v) is 3.68. The highest BCUT2D eigenvalue weighted by atomic mass is 16.2. The molecule has 0 saturated carbocycles. The molecular formula is C20H29N3O2. The normalized spacial score (nSPS) is 19.0. The summed E-state index contributed by atoms with van der Waals surface area (Å²) in [6.45, 7) is 4.60. The van der Waals surface area contributed by atoms with Gasteiger partial charge in [-0.15, -0.1) is 0 Å². The van der Waals surface area contributed by atoms with Crippen molar-refractivity contribution in [2.45, 2.75) is 51.5 Å². The third kappa shape index (κ3) is 5.56. The molecule has 136 valence electrons. The molecule has 0 aliphatic carbocycles. The summed E-state index contributed by atoms with van der Waals surface area (Å²) in [5.41, 5.74) is 2.09. The number of carbonyl (C=O) groups excluding carboxylic acids is 2. The second-order valence-corrected chi connectivity index (χ2v) is 7.17. The molecule has 2 saturated heterocycles. The average molecular weight is 343 g/mol. The van der Waals surface area contributed by atoms with E-state index in [1.54, 1.807) is 0 Å². The molecule has 0 aromatic heterocycles. The molecule has 2 amide bonds. The van der Waals surface area contributed by atoms with Crippen molar-refractivity contribution in [3.8, 4) is 0 Å². The molecule has 0 atom stereocenters. The van der Waals surface area contributed by atoms with Crippen molar-refractivity contribution < 1.29 is 9.59 Å². The van der Waals surface area contributed by atoms with E-state index in [-0.39, 0.29) is 11.8 Å². The van der Waals surface area contributed by atoms with E-state index in [1.165, 1.54) is 31.5 Å². The summed E-state index contributed by atoms with van der Waals surface area (Å²) in [7, 11) is 0. The van der Waals surface area contributed by atoms with E-state index in [2.05, 4.69) is 22.3 Å². The van der Waals surface area contributed by atoms with Crippen molar-refractivity contribution in [3.63, 3.8) is 0 Å². The summed E-state index contributed by atoms with van der Waals surface area (Å²) in [6.07, 6.45) is 6.69. The summed E-state index contributed by atoms with van der Waals surface area (Å²) >= 11 is 0. The van der Waals surface area contributed by atoms with Crippen LogP contribution >= 0.6 is 0 Å². The van der Waals surface area contributed by atoms with Crippen molar-refractivity contribution >= 4 is 17.5 Å². The van der Waals surface area contributed by atoms with Gasteiger partial charge in [0, 0.05) is 38.2 Å². The topological polar surface area (TPSA) is 52.7 Å². The van der Waals surface area contributed by atoms with Gasteiger partial charge in [0.1, 0.15) is 0 Å². The van der Waals surface area contributed by atoms with Crippen molar-refractivity contribution in [1.29, 1.82) is 0 Å². The molecule has 5 heteroatoms. The average Bonchev–Trinajstić information content (AvgIpc) is 3.01. The van der Waals surface area contributed by atoms with E-state index in [0.29, 0.717) is 19.4 Å². The Morgan fingerprint density at radius 2 is 1.84 bits per heavy atom. The third-order valence-electron chi connectivity index (χ3n) is 5.10. The largest absolute Gasteiger partial charge is 0.342 e. The smallest absolute Gasteiger partial charge is 0.226 e. The summed E-state index contributed by atoms with van der Waals surface area (Å²) in [5, 5.41) is 2.98. The highest BCUT2D eigenvalue weighted by Crippen LogP contribution is 2.17. The van der Waals surface area contributed by atoms with Gasteiger partial charge in [0.25, 0.3) is 0 Å². The number of nitrogens with zero attached hydrogens (tertiary/aromatic N) is 2. The number of nitrogens with one attached hydrogen (secondary N) is 1. The maximum absolute atomic E-state index is 12.2. The highest BCUT2D eigenvalue weighted by molar-refractivity contribution is 5.91. The fourth-order valence-electron chi connectivity index (χ4n) is 3.68. The molecule has 25 heavy (non-hydrogen) atoms. The quantitative estimate of drug-likeness (QED) is 0.864. The first-order valence-corrected chi connectivity index (χ1v) is 9.60. The van der Waals surface area contributed by atoms with E-state index in [0.717, 1.165) is 38.0 Å². The van der Waals surface area contributed by atoms with Gasteiger partial charge in [-0.1, -0.05) is 18.6 Å². The summed E-state index contributed by atoms with van der Waals surface area (Å²) in [5.74, 6) is 0.174. The zero-order valence-corrected chi connectivity index (χ0v) is 15.0. The van der Waals surface area contributed by atoms with E-state index in [1.807, 2.05) is 17.0 Å². The molecule has 3 rings (SSSR count). The maximum atomic E-state index is 12.2. The minimum Gasteiger partial charge on any atom is -0.342 e. The van der Waals surface area contributed by atoms with E-state index in [9.17, 15) is 9.59 Å². The predicted octanol–water partition coefficient (Wildman–Crippen LogP) is 3.01. The number of rotatable bonds is 6. The molecule has 2 heterocycles. The van der Waals surface area contributed by atoms with Crippen LogP contribution in [0, 0.1) is 0 Å². The maximum Gasteiger partial charge on any atom is 0.226 e. The lowest BCUT2D eigenvalue weighted by Gasteiger charge is -2.20. The Morgan fingerprint density at radius 1 is 1.04 bits per heavy atom. The van der Waals surface area contributed by atoms with Crippen LogP contribution < -0.4 is 5.32 Å². The van der Waals surface area contributed by atoms with Gasteiger partial charge in [-0.2, -0.15) is 0 Å². The number of hydrogen-bond acceptors (Lipinski definition) is 3. The Kier molecular flexibility index (Phi) is 6.45. The molecule has 0 radical (unpaired) electrons. The first-order chi connectivity index (χ1) is 12.2. The predicted molar refractivity (Wildman–Crippen MR) is 99.2 cm³/mol. The number of carbonyl (C=O) groups is 2. The molecule has 5 nitrogen and oxygen atoms in total. The summed E-state index contributed by atoms with van der Waals surface area (Å²) in [6, 6.07) is 8.11. The van der Waals surface area contributed by atoms with Crippen molar-refractivity contribution in [1.82, 2.24) is 9.80 Å². The van der Waals surface area contributed by atoms with Gasteiger partial charge >= 0.3 is 0 Å². The molecule has 2 aliphatic rings. The van der Waals surface area contributed by atoms with Crippen LogP contribution in [0.25, 0.3) is 0 Å². The second-order valence-electron chi connectivity index (χ2n) is 7.17. The second kappa shape index (κ2) is 8.99. The molecule has 0 bridgehead atoms. The lowest BCUT2D eigenvalue weighted by atomic mass is 10.2. The van der Waals surface area contributed by atoms with E-state index >= 15 is 0 Å². The van der Waals surface area contributed by atoms with Crippen LogP contribution in [0.2, 0.25) is 0 Å². The molecule has 0 spiro atoms. The Hall–Kier alpha value is -1.88. The minimum atomic E-state index is -0.0182. The summed E-state index contributed by atoms with van der Waals surface area (Å²) in [4.78, 5) is 28.5. The highest BCUT2D eigenvalue weighted by Gasteiger charge is 2.17. The van der Waals surface area contributed by atoms with Gasteiger partial charge < -0.3 is 10.2 Å². The van der Waals surface area contributed by atoms with Crippen molar-refractivity contribution in [2.75, 3.05) is 31.5 Å². The molecule has 1 N–H and O–H groups in total. The third-order valence-corrected chi connectivity index (χ3v) is 5.10. The van der Waals surface area contributed by atoms with Crippen LogP contribution in [0.5, 0.6) is 0 Å². The zero-order chi connectivity index (χ0) is 17.5. The van der Waals surface area contributed by atoms with Crippen LogP contribution in [0.1, 0.15) is 50.5 Å². The van der Waals surface area contributed by atoms with Crippen molar-refractivity contribution in [2.24, 2.45) is 0 Å². The molecule has 1 aromatic carbocycles. The minimum absolute atomic E-state index is 0.0182. The number of anilines is 1. The molecule has 2 fully saturated rings. The lowest BCUT2D eigenvalue weighted by molar-refractivity contribution is -0.131. The molecule has 1 aromatic rings. The van der Waals surface area contributed by atoms with Gasteiger partial charge in [-0.05, 0) is 56.5 Å². The Balaban J connectivity index is 1.47. The Labute approximate surface area is 150 Å². The van der Waals surface area contributed by atoms with Crippen molar-refractivity contribution in [3.05, 3.63) is 29.8 Å². The lowest BCUT2D eigenvalue weighted by Crippen LogP contribution is -2.33. The number of benzene rings is 1. The fraction of sp³-hybridized carbons (Fsp3) is 0.600. The van der Waals surface area contributed by atoms with Crippen LogP contribution in [-0.4, -0.2) is 47.8 Å². The van der Waals surface area contributed by atoms with Gasteiger partial charge in [-0.25, -0.2) is 0 Å². The molecule has 2 aliphatic heterocycles. The van der Waals surface area contributed by atoms with Crippen LogP contribution in [-0.2, 0) is 16.1 Å². The first kappa shape index (κ1) is 17.9. The van der Waals surface area contributed by atoms with Gasteiger partial charge in [0.2, 0.25) is 11.8 Å². The molecule has 0 unspecified atom stereocenters. The van der Waals surface area contributed by atoms with Crippen LogP contribution in [0.3, 0.4) is 0 Å². The zero-order valence-electron chi connectivity index (χ0n) is 15.0. The van der Waals surface area contributed by atoms with Gasteiger partial charge in [-0.3, -0.25) is 14.5 Å². The Bertz CT molecular complexity index is 596. The van der Waals surface area contributed by atoms with Gasteiger partial charge in [0.05, 0.1) is 0 Å². The Morgan fingerprint density at radius 3 is 2.68 bits per heavy atom. The number of hydrogen-bond donors (Lipinski definition) is 1. The molecular weight excluding hydrogens is 314 g/mol. The summed E-state index contributed by atoms with van der Waals surface area (Å²) < 4.78 is 0. The monoisotopic (exact) mass is 343 g/mol. The standard InChI is InChI=1S/C20H29N3O2/c24-19(10-14-23-13-3-1-2-9-20(23)25)21-18-8-6-7-17(15-18)16-22-11-4-5-12-22/h6-8,15H,1-5,9-14,16H2,(H,21,24). The van der Waals surface area contributed by atoms with Gasteiger partial charge in [0.15, 0.2) is 0 Å². The van der Waals surface area contributed by atoms with Crippen LogP contribution in [0.4, 0.5) is 5.69 Å². The van der Waals surface area contributed by atoms with E-state index in [4.69, 9.17) is 0 Å². The number of likely N-dealkylation sites (tertiary alicyclic amines) is 2. The number of amides is 2. The van der Waals surface area contributed by atoms with Crippen LogP contribution in [0.15, 0.2) is 24.3 Å². The first-order valence-electron chi connectivity index (χ1n) is 9.60. The SMILES string of the molecule is O=C(CCN1CCCCCC1=O)Nc1cccc(CN2CCCC2)c1.